The van der Waals surface area contributed by atoms with Crippen LogP contribution in [0.4, 0.5) is 0 Å². The van der Waals surface area contributed by atoms with E-state index in [4.69, 9.17) is 4.74 Å². The predicted octanol–water partition coefficient (Wildman–Crippen LogP) is 2.13. The summed E-state index contributed by atoms with van der Waals surface area (Å²) in [5.74, 6) is 1.04. The fourth-order valence-corrected chi connectivity index (χ4v) is 4.23. The van der Waals surface area contributed by atoms with Crippen molar-refractivity contribution in [1.82, 2.24) is 4.90 Å². The number of morpholine rings is 1. The van der Waals surface area contributed by atoms with Gasteiger partial charge in [0.15, 0.2) is 0 Å². The molecule has 1 N–H and O–H groups in total. The lowest BCUT2D eigenvalue weighted by Gasteiger charge is -2.49. The number of aliphatic carboxylic acids is 1. The Morgan fingerprint density at radius 2 is 1.95 bits per heavy atom. The smallest absolute Gasteiger partial charge is 0.305 e. The van der Waals surface area contributed by atoms with E-state index in [1.54, 1.807) is 0 Å². The minimum Gasteiger partial charge on any atom is -0.481 e. The fraction of sp³-hybridized carbons (Fsp3) is 0.933. The molecule has 0 aromatic rings. The summed E-state index contributed by atoms with van der Waals surface area (Å²) in [5, 5.41) is 9.34. The standard InChI is InChI=1S/C15H25NO3/c17-14(18)11-15(16-6-8-19-9-7-16)5-1-2-13(10-15)12-3-4-12/h12-13H,1-11H2,(H,17,18). The van der Waals surface area contributed by atoms with E-state index < -0.39 is 5.97 Å². The maximum Gasteiger partial charge on any atom is 0.305 e. The number of rotatable bonds is 4. The van der Waals surface area contributed by atoms with Crippen molar-refractivity contribution in [2.45, 2.75) is 50.5 Å². The first kappa shape index (κ1) is 13.4. The second-order valence-electron chi connectivity index (χ2n) is 6.59. The molecule has 0 radical (unpaired) electrons. The highest BCUT2D eigenvalue weighted by atomic mass is 16.5. The van der Waals surface area contributed by atoms with E-state index in [1.807, 2.05) is 0 Å². The van der Waals surface area contributed by atoms with Crippen molar-refractivity contribution < 1.29 is 14.6 Å². The summed E-state index contributed by atoms with van der Waals surface area (Å²) in [6.45, 7) is 3.33. The largest absolute Gasteiger partial charge is 0.481 e. The summed E-state index contributed by atoms with van der Waals surface area (Å²) in [6, 6.07) is 0. The molecular formula is C15H25NO3. The highest BCUT2D eigenvalue weighted by molar-refractivity contribution is 5.68. The van der Waals surface area contributed by atoms with Gasteiger partial charge in [-0.25, -0.2) is 0 Å². The number of carbonyl (C=O) groups is 1. The van der Waals surface area contributed by atoms with Crippen LogP contribution in [-0.2, 0) is 9.53 Å². The zero-order valence-electron chi connectivity index (χ0n) is 11.6. The van der Waals surface area contributed by atoms with Crippen LogP contribution in [0.25, 0.3) is 0 Å². The average molecular weight is 267 g/mol. The van der Waals surface area contributed by atoms with E-state index in [-0.39, 0.29) is 5.54 Å². The maximum atomic E-state index is 11.3. The van der Waals surface area contributed by atoms with Crippen LogP contribution in [0.1, 0.15) is 44.9 Å². The van der Waals surface area contributed by atoms with E-state index >= 15 is 0 Å². The Morgan fingerprint density at radius 1 is 1.21 bits per heavy atom. The van der Waals surface area contributed by atoms with Crippen molar-refractivity contribution in [2.75, 3.05) is 26.3 Å². The zero-order valence-corrected chi connectivity index (χ0v) is 11.6. The van der Waals surface area contributed by atoms with Gasteiger partial charge in [-0.2, -0.15) is 0 Å². The predicted molar refractivity (Wildman–Crippen MR) is 72.1 cm³/mol. The van der Waals surface area contributed by atoms with E-state index in [0.717, 1.165) is 51.0 Å². The molecule has 3 rings (SSSR count). The molecule has 0 bridgehead atoms. The first-order valence-electron chi connectivity index (χ1n) is 7.74. The molecule has 2 atom stereocenters. The maximum absolute atomic E-state index is 11.3. The third-order valence-electron chi connectivity index (χ3n) is 5.31. The second-order valence-corrected chi connectivity index (χ2v) is 6.59. The molecule has 1 aliphatic heterocycles. The van der Waals surface area contributed by atoms with Crippen molar-refractivity contribution in [1.29, 1.82) is 0 Å². The van der Waals surface area contributed by atoms with Gasteiger partial charge in [-0.15, -0.1) is 0 Å². The molecular weight excluding hydrogens is 242 g/mol. The number of hydrogen-bond acceptors (Lipinski definition) is 3. The normalized spacial score (nSPS) is 37.2. The van der Waals surface area contributed by atoms with Crippen LogP contribution in [0, 0.1) is 11.8 Å². The Balaban J connectivity index is 1.75. The molecule has 2 unspecified atom stereocenters. The zero-order chi connectivity index (χ0) is 13.3. The summed E-state index contributed by atoms with van der Waals surface area (Å²) in [4.78, 5) is 13.8. The first-order chi connectivity index (χ1) is 9.20. The lowest BCUT2D eigenvalue weighted by Crippen LogP contribution is -2.56. The van der Waals surface area contributed by atoms with Gasteiger partial charge in [0.05, 0.1) is 19.6 Å². The topological polar surface area (TPSA) is 49.8 Å². The lowest BCUT2D eigenvalue weighted by atomic mass is 9.71. The summed E-state index contributed by atoms with van der Waals surface area (Å²) < 4.78 is 5.44. The quantitative estimate of drug-likeness (QED) is 0.848. The number of ether oxygens (including phenoxy) is 1. The number of nitrogens with zero attached hydrogens (tertiary/aromatic N) is 1. The molecule has 4 heteroatoms. The van der Waals surface area contributed by atoms with Gasteiger partial charge in [-0.05, 0) is 37.5 Å². The monoisotopic (exact) mass is 267 g/mol. The Labute approximate surface area is 115 Å². The fourth-order valence-electron chi connectivity index (χ4n) is 4.23. The molecule has 1 heterocycles. The van der Waals surface area contributed by atoms with Gasteiger partial charge in [0, 0.05) is 18.6 Å². The van der Waals surface area contributed by atoms with Crippen LogP contribution in [0.15, 0.2) is 0 Å². The van der Waals surface area contributed by atoms with Gasteiger partial charge in [0.25, 0.3) is 0 Å². The molecule has 19 heavy (non-hydrogen) atoms. The molecule has 0 aromatic carbocycles. The summed E-state index contributed by atoms with van der Waals surface area (Å²) in [5.41, 5.74) is -0.0822. The summed E-state index contributed by atoms with van der Waals surface area (Å²) >= 11 is 0. The third-order valence-corrected chi connectivity index (χ3v) is 5.31. The molecule has 3 aliphatic rings. The van der Waals surface area contributed by atoms with Crippen LogP contribution >= 0.6 is 0 Å². The van der Waals surface area contributed by atoms with Crippen molar-refractivity contribution in [2.24, 2.45) is 11.8 Å². The van der Waals surface area contributed by atoms with E-state index in [2.05, 4.69) is 4.90 Å². The highest BCUT2D eigenvalue weighted by Gasteiger charge is 2.46. The van der Waals surface area contributed by atoms with Crippen molar-refractivity contribution in [3.8, 4) is 0 Å². The van der Waals surface area contributed by atoms with Gasteiger partial charge in [0.2, 0.25) is 0 Å². The Bertz CT molecular complexity index is 336. The minimum absolute atomic E-state index is 0.0822. The SMILES string of the molecule is O=C(O)CC1(N2CCOCC2)CCCC(C2CC2)C1. The summed E-state index contributed by atoms with van der Waals surface area (Å²) in [7, 11) is 0. The second kappa shape index (κ2) is 5.41. The van der Waals surface area contributed by atoms with Crippen LogP contribution in [0.5, 0.6) is 0 Å². The lowest BCUT2D eigenvalue weighted by molar-refractivity contribution is -0.143. The Kier molecular flexibility index (Phi) is 3.81. The average Bonchev–Trinajstić information content (AvgIpc) is 3.23. The number of hydrogen-bond donors (Lipinski definition) is 1. The first-order valence-corrected chi connectivity index (χ1v) is 7.74. The summed E-state index contributed by atoms with van der Waals surface area (Å²) in [6.07, 6.45) is 7.73. The number of carboxylic acid groups (broad SMARTS) is 1. The highest BCUT2D eigenvalue weighted by Crippen LogP contribution is 2.49. The van der Waals surface area contributed by atoms with Gasteiger partial charge in [-0.3, -0.25) is 9.69 Å². The van der Waals surface area contributed by atoms with Crippen molar-refractivity contribution in [3.63, 3.8) is 0 Å². The van der Waals surface area contributed by atoms with Gasteiger partial charge >= 0.3 is 5.97 Å². The van der Waals surface area contributed by atoms with Crippen molar-refractivity contribution in [3.05, 3.63) is 0 Å². The molecule has 4 nitrogen and oxygen atoms in total. The van der Waals surface area contributed by atoms with Crippen LogP contribution in [0.3, 0.4) is 0 Å². The Morgan fingerprint density at radius 3 is 2.58 bits per heavy atom. The molecule has 1 saturated heterocycles. The van der Waals surface area contributed by atoms with Crippen molar-refractivity contribution >= 4 is 5.97 Å². The molecule has 108 valence electrons. The van der Waals surface area contributed by atoms with Gasteiger partial charge in [0.1, 0.15) is 0 Å². The molecule has 3 fully saturated rings. The molecule has 2 aliphatic carbocycles. The minimum atomic E-state index is -0.636. The molecule has 2 saturated carbocycles. The molecule has 0 amide bonds. The van der Waals surface area contributed by atoms with E-state index in [0.29, 0.717) is 6.42 Å². The number of carboxylic acids is 1. The Hall–Kier alpha value is -0.610. The van der Waals surface area contributed by atoms with E-state index in [1.165, 1.54) is 25.7 Å². The van der Waals surface area contributed by atoms with Gasteiger partial charge < -0.3 is 9.84 Å². The third kappa shape index (κ3) is 2.95. The van der Waals surface area contributed by atoms with Gasteiger partial charge in [-0.1, -0.05) is 12.8 Å². The van der Waals surface area contributed by atoms with Crippen LogP contribution < -0.4 is 0 Å². The van der Waals surface area contributed by atoms with Crippen LogP contribution in [-0.4, -0.2) is 47.8 Å². The van der Waals surface area contributed by atoms with E-state index in [9.17, 15) is 9.90 Å². The molecule has 0 spiro atoms. The molecule has 0 aromatic heterocycles. The van der Waals surface area contributed by atoms with Crippen LogP contribution in [0.2, 0.25) is 0 Å².